The minimum absolute atomic E-state index is 0.167. The molecule has 2 atom stereocenters. The first-order valence-electron chi connectivity index (χ1n) is 7.65. The van der Waals surface area contributed by atoms with E-state index >= 15 is 0 Å². The van der Waals surface area contributed by atoms with Crippen molar-refractivity contribution in [3.63, 3.8) is 0 Å². The summed E-state index contributed by atoms with van der Waals surface area (Å²) < 4.78 is 42.2. The molecule has 0 aromatic carbocycles. The molecule has 0 spiro atoms. The van der Waals surface area contributed by atoms with E-state index < -0.39 is 18.4 Å². The van der Waals surface area contributed by atoms with Crippen molar-refractivity contribution in [2.24, 2.45) is 23.2 Å². The Morgan fingerprint density at radius 2 is 1.55 bits per heavy atom. The number of alkyl halides is 3. The average Bonchev–Trinajstić information content (AvgIpc) is 2.32. The standard InChI is InChI=1S/C15H23F3O2/c1-9(15(16,17)18)20-8-13(19)14-5-10-2-11(6-14)4-12(3-10)7-14/h9-13,19H,2-8H2,1H3. The lowest BCUT2D eigenvalue weighted by molar-refractivity contribution is -0.229. The Hall–Kier alpha value is -0.290. The number of hydrogen-bond donors (Lipinski definition) is 1. The summed E-state index contributed by atoms with van der Waals surface area (Å²) in [5.41, 5.74) is -0.167. The summed E-state index contributed by atoms with van der Waals surface area (Å²) in [6, 6.07) is 0. The van der Waals surface area contributed by atoms with Crippen LogP contribution in [0.15, 0.2) is 0 Å². The van der Waals surface area contributed by atoms with Crippen LogP contribution in [0.3, 0.4) is 0 Å². The highest BCUT2D eigenvalue weighted by atomic mass is 19.4. The van der Waals surface area contributed by atoms with Gasteiger partial charge in [0.15, 0.2) is 6.10 Å². The Morgan fingerprint density at radius 3 is 1.95 bits per heavy atom. The molecule has 4 fully saturated rings. The number of halogens is 3. The highest BCUT2D eigenvalue weighted by Gasteiger charge is 2.54. The molecule has 0 saturated heterocycles. The maximum atomic E-state index is 12.5. The van der Waals surface area contributed by atoms with Gasteiger partial charge in [0.05, 0.1) is 12.7 Å². The van der Waals surface area contributed by atoms with Gasteiger partial charge >= 0.3 is 6.18 Å². The van der Waals surface area contributed by atoms with Crippen LogP contribution in [0.5, 0.6) is 0 Å². The molecule has 0 aromatic rings. The average molecular weight is 292 g/mol. The Morgan fingerprint density at radius 1 is 1.10 bits per heavy atom. The minimum Gasteiger partial charge on any atom is -0.390 e. The SMILES string of the molecule is CC(OCC(O)C12CC3CC(CC(C3)C1)C2)C(F)(F)F. The van der Waals surface area contributed by atoms with E-state index in [4.69, 9.17) is 4.74 Å². The normalized spacial score (nSPS) is 42.8. The van der Waals surface area contributed by atoms with Crippen molar-refractivity contribution >= 4 is 0 Å². The van der Waals surface area contributed by atoms with E-state index in [0.29, 0.717) is 17.8 Å². The van der Waals surface area contributed by atoms with Gasteiger partial charge in [-0.1, -0.05) is 0 Å². The maximum absolute atomic E-state index is 12.5. The highest BCUT2D eigenvalue weighted by Crippen LogP contribution is 2.61. The molecule has 4 aliphatic carbocycles. The van der Waals surface area contributed by atoms with Crippen molar-refractivity contribution in [3.05, 3.63) is 0 Å². The van der Waals surface area contributed by atoms with E-state index in [1.54, 1.807) is 0 Å². The summed E-state index contributed by atoms with van der Waals surface area (Å²) >= 11 is 0. The van der Waals surface area contributed by atoms with Gasteiger partial charge in [-0.05, 0) is 68.6 Å². The largest absolute Gasteiger partial charge is 0.414 e. The third kappa shape index (κ3) is 2.59. The predicted molar refractivity (Wildman–Crippen MR) is 68.1 cm³/mol. The molecule has 0 heterocycles. The summed E-state index contributed by atoms with van der Waals surface area (Å²) in [7, 11) is 0. The molecule has 0 radical (unpaired) electrons. The van der Waals surface area contributed by atoms with E-state index in [2.05, 4.69) is 0 Å². The molecule has 4 aliphatic rings. The molecule has 4 rings (SSSR count). The van der Waals surface area contributed by atoms with Gasteiger partial charge in [-0.2, -0.15) is 13.2 Å². The van der Waals surface area contributed by atoms with Crippen LogP contribution >= 0.6 is 0 Å². The van der Waals surface area contributed by atoms with Crippen LogP contribution in [0.1, 0.15) is 45.4 Å². The second-order valence-electron chi connectivity index (χ2n) is 7.31. The van der Waals surface area contributed by atoms with Crippen molar-refractivity contribution in [3.8, 4) is 0 Å². The van der Waals surface area contributed by atoms with Crippen LogP contribution < -0.4 is 0 Å². The van der Waals surface area contributed by atoms with Crippen molar-refractivity contribution < 1.29 is 23.0 Å². The highest BCUT2D eigenvalue weighted by molar-refractivity contribution is 5.04. The molecule has 4 bridgehead atoms. The smallest absolute Gasteiger partial charge is 0.390 e. The summed E-state index contributed by atoms with van der Waals surface area (Å²) in [4.78, 5) is 0. The van der Waals surface area contributed by atoms with Gasteiger partial charge in [-0.3, -0.25) is 0 Å². The van der Waals surface area contributed by atoms with Gasteiger partial charge in [-0.25, -0.2) is 0 Å². The van der Waals surface area contributed by atoms with Gasteiger partial charge in [0.1, 0.15) is 0 Å². The molecule has 5 heteroatoms. The van der Waals surface area contributed by atoms with Crippen molar-refractivity contribution in [2.45, 2.75) is 63.8 Å². The van der Waals surface area contributed by atoms with Crippen LogP contribution in [-0.2, 0) is 4.74 Å². The van der Waals surface area contributed by atoms with Crippen molar-refractivity contribution in [1.82, 2.24) is 0 Å². The monoisotopic (exact) mass is 292 g/mol. The van der Waals surface area contributed by atoms with Gasteiger partial charge in [0.25, 0.3) is 0 Å². The summed E-state index contributed by atoms with van der Waals surface area (Å²) in [6.45, 7) is 0.819. The predicted octanol–water partition coefficient (Wildman–Crippen LogP) is 3.53. The Kier molecular flexibility index (Phi) is 3.57. The molecule has 20 heavy (non-hydrogen) atoms. The van der Waals surface area contributed by atoms with Gasteiger partial charge in [0, 0.05) is 0 Å². The minimum atomic E-state index is -4.35. The molecule has 116 valence electrons. The lowest BCUT2D eigenvalue weighted by Gasteiger charge is -2.58. The molecular formula is C15H23F3O2. The van der Waals surface area contributed by atoms with Crippen molar-refractivity contribution in [1.29, 1.82) is 0 Å². The maximum Gasteiger partial charge on any atom is 0.414 e. The summed E-state index contributed by atoms with van der Waals surface area (Å²) in [5.74, 6) is 2.03. The molecule has 2 nitrogen and oxygen atoms in total. The third-order valence-electron chi connectivity index (χ3n) is 5.76. The fourth-order valence-electron chi connectivity index (χ4n) is 5.09. The number of hydrogen-bond acceptors (Lipinski definition) is 2. The van der Waals surface area contributed by atoms with Crippen molar-refractivity contribution in [2.75, 3.05) is 6.61 Å². The molecule has 2 unspecified atom stereocenters. The second-order valence-corrected chi connectivity index (χ2v) is 7.31. The Balaban J connectivity index is 1.61. The quantitative estimate of drug-likeness (QED) is 0.859. The topological polar surface area (TPSA) is 29.5 Å². The molecular weight excluding hydrogens is 269 g/mol. The number of aliphatic hydroxyl groups excluding tert-OH is 1. The van der Waals surface area contributed by atoms with E-state index in [-0.39, 0.29) is 12.0 Å². The molecule has 0 aromatic heterocycles. The summed E-state index contributed by atoms with van der Waals surface area (Å²) in [6.07, 6.45) is -0.200. The zero-order valence-electron chi connectivity index (χ0n) is 11.8. The Labute approximate surface area is 117 Å². The van der Waals surface area contributed by atoms with Crippen LogP contribution in [-0.4, -0.2) is 30.1 Å². The zero-order valence-corrected chi connectivity index (χ0v) is 11.8. The first kappa shape index (κ1) is 14.6. The summed E-state index contributed by atoms with van der Waals surface area (Å²) in [5, 5.41) is 10.4. The van der Waals surface area contributed by atoms with Gasteiger partial charge in [0.2, 0.25) is 0 Å². The second kappa shape index (κ2) is 4.87. The van der Waals surface area contributed by atoms with E-state index in [1.807, 2.05) is 0 Å². The van der Waals surface area contributed by atoms with Crippen LogP contribution in [0.4, 0.5) is 13.2 Å². The first-order valence-corrected chi connectivity index (χ1v) is 7.65. The van der Waals surface area contributed by atoms with E-state index in [9.17, 15) is 18.3 Å². The molecule has 0 aliphatic heterocycles. The first-order chi connectivity index (χ1) is 9.28. The number of aliphatic hydroxyl groups is 1. The number of ether oxygens (including phenoxy) is 1. The van der Waals surface area contributed by atoms with Crippen LogP contribution in [0.2, 0.25) is 0 Å². The van der Waals surface area contributed by atoms with Gasteiger partial charge in [-0.15, -0.1) is 0 Å². The lowest BCUT2D eigenvalue weighted by Crippen LogP contribution is -2.53. The zero-order chi connectivity index (χ0) is 14.5. The van der Waals surface area contributed by atoms with E-state index in [1.165, 1.54) is 19.3 Å². The fourth-order valence-corrected chi connectivity index (χ4v) is 5.09. The lowest BCUT2D eigenvalue weighted by atomic mass is 9.48. The molecule has 0 amide bonds. The Bertz CT molecular complexity index is 331. The molecule has 4 saturated carbocycles. The number of rotatable bonds is 4. The van der Waals surface area contributed by atoms with Gasteiger partial charge < -0.3 is 9.84 Å². The van der Waals surface area contributed by atoms with Crippen LogP contribution in [0, 0.1) is 23.2 Å². The fraction of sp³-hybridized carbons (Fsp3) is 1.00. The third-order valence-corrected chi connectivity index (χ3v) is 5.76. The van der Waals surface area contributed by atoms with E-state index in [0.717, 1.165) is 26.2 Å². The molecule has 1 N–H and O–H groups in total. The van der Waals surface area contributed by atoms with Crippen LogP contribution in [0.25, 0.3) is 0 Å².